The van der Waals surface area contributed by atoms with Gasteiger partial charge in [0.05, 0.1) is 6.61 Å². The van der Waals surface area contributed by atoms with Gasteiger partial charge in [-0.2, -0.15) is 0 Å². The summed E-state index contributed by atoms with van der Waals surface area (Å²) in [5, 5.41) is 3.43. The molecular weight excluding hydrogens is 234 g/mol. The average Bonchev–Trinajstić information content (AvgIpc) is 3.25. The van der Waals surface area contributed by atoms with E-state index in [0.717, 1.165) is 24.7 Å². The van der Waals surface area contributed by atoms with Crippen molar-refractivity contribution in [3.8, 4) is 5.75 Å². The van der Waals surface area contributed by atoms with E-state index in [1.807, 2.05) is 0 Å². The second-order valence-corrected chi connectivity index (χ2v) is 5.63. The quantitative estimate of drug-likeness (QED) is 0.669. The van der Waals surface area contributed by atoms with E-state index >= 15 is 0 Å². The fourth-order valence-electron chi connectivity index (χ4n) is 2.42. The Morgan fingerprint density at radius 1 is 1.26 bits per heavy atom. The number of hydrogen-bond donors (Lipinski definition) is 1. The number of rotatable bonds is 9. The Labute approximate surface area is 117 Å². The number of hydrogen-bond acceptors (Lipinski definition) is 2. The van der Waals surface area contributed by atoms with Gasteiger partial charge in [0, 0.05) is 6.04 Å². The minimum Gasteiger partial charge on any atom is -0.494 e. The van der Waals surface area contributed by atoms with Crippen LogP contribution >= 0.6 is 0 Å². The lowest BCUT2D eigenvalue weighted by molar-refractivity contribution is 0.309. The summed E-state index contributed by atoms with van der Waals surface area (Å²) in [4.78, 5) is 0. The molecular formula is C17H27NO. The Kier molecular flexibility index (Phi) is 5.71. The van der Waals surface area contributed by atoms with Crippen LogP contribution in [0.4, 0.5) is 0 Å². The molecule has 0 aliphatic heterocycles. The molecule has 0 aromatic heterocycles. The van der Waals surface area contributed by atoms with Crippen LogP contribution in [0.25, 0.3) is 0 Å². The third-order valence-corrected chi connectivity index (χ3v) is 3.96. The molecule has 1 saturated carbocycles. The zero-order valence-electron chi connectivity index (χ0n) is 12.3. The summed E-state index contributed by atoms with van der Waals surface area (Å²) in [6.07, 6.45) is 7.81. The van der Waals surface area contributed by atoms with Gasteiger partial charge in [-0.05, 0) is 49.9 Å². The van der Waals surface area contributed by atoms with Gasteiger partial charge in [-0.3, -0.25) is 0 Å². The van der Waals surface area contributed by atoms with E-state index in [-0.39, 0.29) is 0 Å². The fourth-order valence-corrected chi connectivity index (χ4v) is 2.42. The average molecular weight is 261 g/mol. The first-order chi connectivity index (χ1) is 9.33. The van der Waals surface area contributed by atoms with Crippen LogP contribution in [0.2, 0.25) is 0 Å². The summed E-state index contributed by atoms with van der Waals surface area (Å²) in [6.45, 7) is 3.01. The van der Waals surface area contributed by atoms with Crippen molar-refractivity contribution >= 4 is 0 Å². The molecule has 1 aliphatic carbocycles. The summed E-state index contributed by atoms with van der Waals surface area (Å²) < 4.78 is 5.70. The summed E-state index contributed by atoms with van der Waals surface area (Å²) >= 11 is 0. The highest BCUT2D eigenvalue weighted by molar-refractivity contribution is 5.29. The second kappa shape index (κ2) is 7.54. The standard InChI is InChI=1S/C17H27NO/c1-3-4-13-19-16-10-8-15(9-11-16)17(18-2)12-7-14-5-6-14/h8-11,14,17-18H,3-7,12-13H2,1-2H3. The van der Waals surface area contributed by atoms with E-state index in [4.69, 9.17) is 4.74 Å². The lowest BCUT2D eigenvalue weighted by Crippen LogP contribution is -2.16. The molecule has 1 N–H and O–H groups in total. The molecule has 1 atom stereocenters. The maximum absolute atomic E-state index is 5.70. The third kappa shape index (κ3) is 4.87. The minimum absolute atomic E-state index is 0.491. The lowest BCUT2D eigenvalue weighted by Gasteiger charge is -2.17. The molecule has 1 unspecified atom stereocenters. The van der Waals surface area contributed by atoms with Crippen LogP contribution in [0, 0.1) is 5.92 Å². The van der Waals surface area contributed by atoms with E-state index in [2.05, 4.69) is 43.6 Å². The highest BCUT2D eigenvalue weighted by Gasteiger charge is 2.22. The van der Waals surface area contributed by atoms with E-state index < -0.39 is 0 Å². The van der Waals surface area contributed by atoms with Gasteiger partial charge in [-0.15, -0.1) is 0 Å². The van der Waals surface area contributed by atoms with Gasteiger partial charge in [0.2, 0.25) is 0 Å². The molecule has 1 aromatic rings. The number of benzene rings is 1. The van der Waals surface area contributed by atoms with Gasteiger partial charge < -0.3 is 10.1 Å². The molecule has 0 bridgehead atoms. The SMILES string of the molecule is CCCCOc1ccc(C(CCC2CC2)NC)cc1. The number of unbranched alkanes of at least 4 members (excludes halogenated alkanes) is 1. The van der Waals surface area contributed by atoms with Crippen molar-refractivity contribution in [2.24, 2.45) is 5.92 Å². The molecule has 1 aliphatic rings. The van der Waals surface area contributed by atoms with Crippen molar-refractivity contribution in [3.63, 3.8) is 0 Å². The Morgan fingerprint density at radius 2 is 2.00 bits per heavy atom. The highest BCUT2D eigenvalue weighted by atomic mass is 16.5. The van der Waals surface area contributed by atoms with E-state index in [0.29, 0.717) is 6.04 Å². The van der Waals surface area contributed by atoms with Gasteiger partial charge in [-0.25, -0.2) is 0 Å². The first-order valence-electron chi connectivity index (χ1n) is 7.73. The topological polar surface area (TPSA) is 21.3 Å². The summed E-state index contributed by atoms with van der Waals surface area (Å²) in [6, 6.07) is 9.11. The fraction of sp³-hybridized carbons (Fsp3) is 0.647. The molecule has 0 spiro atoms. The molecule has 19 heavy (non-hydrogen) atoms. The molecule has 0 amide bonds. The molecule has 2 nitrogen and oxygen atoms in total. The molecule has 0 saturated heterocycles. The Bertz CT molecular complexity index is 356. The van der Waals surface area contributed by atoms with Gasteiger partial charge in [0.1, 0.15) is 5.75 Å². The third-order valence-electron chi connectivity index (χ3n) is 3.96. The molecule has 0 radical (unpaired) electrons. The molecule has 1 aromatic carbocycles. The first-order valence-corrected chi connectivity index (χ1v) is 7.73. The molecule has 106 valence electrons. The van der Waals surface area contributed by atoms with Crippen molar-refractivity contribution in [3.05, 3.63) is 29.8 Å². The maximum Gasteiger partial charge on any atom is 0.119 e. The summed E-state index contributed by atoms with van der Waals surface area (Å²) in [7, 11) is 2.06. The minimum atomic E-state index is 0.491. The molecule has 1 fully saturated rings. The Hall–Kier alpha value is -1.02. The highest BCUT2D eigenvalue weighted by Crippen LogP contribution is 2.35. The molecule has 2 rings (SSSR count). The van der Waals surface area contributed by atoms with Gasteiger partial charge in [0.25, 0.3) is 0 Å². The van der Waals surface area contributed by atoms with Crippen molar-refractivity contribution in [2.45, 2.75) is 51.5 Å². The van der Waals surface area contributed by atoms with Crippen molar-refractivity contribution in [1.29, 1.82) is 0 Å². The lowest BCUT2D eigenvalue weighted by atomic mass is 10.0. The first kappa shape index (κ1) is 14.4. The van der Waals surface area contributed by atoms with Gasteiger partial charge in [-0.1, -0.05) is 38.3 Å². The smallest absolute Gasteiger partial charge is 0.119 e. The van der Waals surface area contributed by atoms with Crippen LogP contribution in [-0.2, 0) is 0 Å². The van der Waals surface area contributed by atoms with Crippen LogP contribution in [-0.4, -0.2) is 13.7 Å². The van der Waals surface area contributed by atoms with E-state index in [9.17, 15) is 0 Å². The van der Waals surface area contributed by atoms with Crippen LogP contribution in [0.15, 0.2) is 24.3 Å². The van der Waals surface area contributed by atoms with Crippen molar-refractivity contribution in [2.75, 3.05) is 13.7 Å². The number of ether oxygens (including phenoxy) is 1. The van der Waals surface area contributed by atoms with Crippen LogP contribution in [0.1, 0.15) is 57.1 Å². The van der Waals surface area contributed by atoms with E-state index in [1.165, 1.54) is 37.7 Å². The van der Waals surface area contributed by atoms with Crippen LogP contribution < -0.4 is 10.1 Å². The Morgan fingerprint density at radius 3 is 2.58 bits per heavy atom. The van der Waals surface area contributed by atoms with Gasteiger partial charge >= 0.3 is 0 Å². The van der Waals surface area contributed by atoms with Crippen LogP contribution in [0.5, 0.6) is 5.75 Å². The largest absolute Gasteiger partial charge is 0.494 e. The Balaban J connectivity index is 1.83. The van der Waals surface area contributed by atoms with Crippen molar-refractivity contribution < 1.29 is 4.74 Å². The predicted octanol–water partition coefficient (Wildman–Crippen LogP) is 4.32. The predicted molar refractivity (Wildman–Crippen MR) is 80.6 cm³/mol. The summed E-state index contributed by atoms with van der Waals surface area (Å²) in [5.41, 5.74) is 1.38. The monoisotopic (exact) mass is 261 g/mol. The maximum atomic E-state index is 5.70. The van der Waals surface area contributed by atoms with Crippen LogP contribution in [0.3, 0.4) is 0 Å². The van der Waals surface area contributed by atoms with Crippen molar-refractivity contribution in [1.82, 2.24) is 5.32 Å². The number of nitrogens with one attached hydrogen (secondary N) is 1. The summed E-state index contributed by atoms with van der Waals surface area (Å²) in [5.74, 6) is 2.00. The molecule has 0 heterocycles. The van der Waals surface area contributed by atoms with Gasteiger partial charge in [0.15, 0.2) is 0 Å². The van der Waals surface area contributed by atoms with E-state index in [1.54, 1.807) is 0 Å². The normalized spacial score (nSPS) is 16.3. The zero-order chi connectivity index (χ0) is 13.5. The second-order valence-electron chi connectivity index (χ2n) is 5.63. The molecule has 2 heteroatoms. The zero-order valence-corrected chi connectivity index (χ0v) is 12.3.